The average Bonchev–Trinajstić information content (AvgIpc) is 2.99. The number of benzene rings is 4. The third kappa shape index (κ3) is 7.52. The molecule has 41 heavy (non-hydrogen) atoms. The molecule has 4 rings (SSSR count). The summed E-state index contributed by atoms with van der Waals surface area (Å²) in [5.74, 6) is -0.319. The molecule has 1 amide bonds. The predicted molar refractivity (Wildman–Crippen MR) is 149 cm³/mol. The first-order valence-corrected chi connectivity index (χ1v) is 13.9. The lowest BCUT2D eigenvalue weighted by Gasteiger charge is -2.24. The van der Waals surface area contributed by atoms with Crippen LogP contribution < -0.4 is 23.8 Å². The number of sulfonamides is 1. The van der Waals surface area contributed by atoms with Crippen LogP contribution in [-0.2, 0) is 28.0 Å². The average molecular weight is 583 g/mol. The van der Waals surface area contributed by atoms with Gasteiger partial charge in [0.2, 0.25) is 5.91 Å². The van der Waals surface area contributed by atoms with Crippen LogP contribution in [0.3, 0.4) is 0 Å². The van der Waals surface area contributed by atoms with Gasteiger partial charge >= 0.3 is 0 Å². The summed E-state index contributed by atoms with van der Waals surface area (Å²) in [6, 6.07) is 21.9. The fourth-order valence-electron chi connectivity index (χ4n) is 3.86. The Labute approximate surface area is 237 Å². The molecule has 4 aromatic carbocycles. The predicted octanol–water partition coefficient (Wildman–Crippen LogP) is 5.07. The van der Waals surface area contributed by atoms with Gasteiger partial charge in [0, 0.05) is 12.6 Å². The topological polar surface area (TPSA) is 94.2 Å². The third-order valence-electron chi connectivity index (χ3n) is 6.08. The molecule has 0 atom stereocenters. The molecule has 214 valence electrons. The van der Waals surface area contributed by atoms with Crippen LogP contribution in [0.2, 0.25) is 0 Å². The number of carbonyl (C=O) groups excluding carboxylic acids is 1. The van der Waals surface area contributed by atoms with E-state index in [0.717, 1.165) is 27.6 Å². The van der Waals surface area contributed by atoms with E-state index in [2.05, 4.69) is 5.32 Å². The number of methoxy groups -OCH3 is 2. The molecule has 0 fully saturated rings. The highest BCUT2D eigenvalue weighted by Gasteiger charge is 2.28. The molecule has 0 saturated carbocycles. The van der Waals surface area contributed by atoms with Crippen molar-refractivity contribution in [2.24, 2.45) is 0 Å². The van der Waals surface area contributed by atoms with Crippen molar-refractivity contribution in [3.8, 4) is 17.2 Å². The molecular formula is C30H28F2N2O6S. The van der Waals surface area contributed by atoms with Crippen LogP contribution in [0.4, 0.5) is 14.5 Å². The molecule has 0 heterocycles. The van der Waals surface area contributed by atoms with Crippen molar-refractivity contribution in [1.29, 1.82) is 0 Å². The lowest BCUT2D eigenvalue weighted by Crippen LogP contribution is -2.40. The minimum absolute atomic E-state index is 0.110. The molecule has 0 bridgehead atoms. The van der Waals surface area contributed by atoms with Crippen molar-refractivity contribution in [3.05, 3.63) is 114 Å². The summed E-state index contributed by atoms with van der Waals surface area (Å²) in [5.41, 5.74) is 1.68. The fraction of sp³-hybridized carbons (Fsp3) is 0.167. The van der Waals surface area contributed by atoms with E-state index in [9.17, 15) is 22.0 Å². The summed E-state index contributed by atoms with van der Waals surface area (Å²) >= 11 is 0. The van der Waals surface area contributed by atoms with Crippen LogP contribution in [-0.4, -0.2) is 35.1 Å². The highest BCUT2D eigenvalue weighted by molar-refractivity contribution is 7.92. The van der Waals surface area contributed by atoms with Crippen LogP contribution in [0, 0.1) is 11.6 Å². The van der Waals surface area contributed by atoms with Gasteiger partial charge in [0.05, 0.1) is 24.8 Å². The number of amides is 1. The van der Waals surface area contributed by atoms with Gasteiger partial charge in [-0.1, -0.05) is 24.3 Å². The number of hydrogen-bond acceptors (Lipinski definition) is 6. The van der Waals surface area contributed by atoms with Crippen molar-refractivity contribution in [3.63, 3.8) is 0 Å². The Morgan fingerprint density at radius 3 is 1.98 bits per heavy atom. The van der Waals surface area contributed by atoms with Crippen molar-refractivity contribution >= 4 is 21.6 Å². The van der Waals surface area contributed by atoms with E-state index in [-0.39, 0.29) is 35.3 Å². The van der Waals surface area contributed by atoms with Crippen LogP contribution >= 0.6 is 0 Å². The number of rotatable bonds is 12. The molecule has 4 aromatic rings. The van der Waals surface area contributed by atoms with Gasteiger partial charge < -0.3 is 19.5 Å². The lowest BCUT2D eigenvalue weighted by molar-refractivity contribution is -0.119. The largest absolute Gasteiger partial charge is 0.493 e. The van der Waals surface area contributed by atoms with Crippen molar-refractivity contribution < 1.29 is 36.2 Å². The fourth-order valence-corrected chi connectivity index (χ4v) is 5.30. The minimum Gasteiger partial charge on any atom is -0.493 e. The van der Waals surface area contributed by atoms with Gasteiger partial charge in [-0.3, -0.25) is 9.10 Å². The van der Waals surface area contributed by atoms with Crippen molar-refractivity contribution in [2.45, 2.75) is 18.0 Å². The maximum Gasteiger partial charge on any atom is 0.264 e. The summed E-state index contributed by atoms with van der Waals surface area (Å²) in [5, 5.41) is 2.72. The summed E-state index contributed by atoms with van der Waals surface area (Å²) < 4.78 is 71.0. The standard InChI is InChI=1S/C30H28F2N2O6S/c1-38-28-16-15-27(17-29(28)39-2)41(36,37)34(25-11-9-24(32)10-12-25)19-30(35)33-18-21-5-13-26(14-6-21)40-20-22-3-7-23(31)8-4-22/h3-17H,18-20H2,1-2H3,(H,33,35). The van der Waals surface area contributed by atoms with Crippen LogP contribution in [0.25, 0.3) is 0 Å². The molecule has 0 aliphatic rings. The highest BCUT2D eigenvalue weighted by Crippen LogP contribution is 2.32. The van der Waals surface area contributed by atoms with Crippen molar-refractivity contribution in [2.75, 3.05) is 25.1 Å². The van der Waals surface area contributed by atoms with Gasteiger partial charge in [-0.25, -0.2) is 17.2 Å². The zero-order valence-corrected chi connectivity index (χ0v) is 23.2. The molecule has 0 radical (unpaired) electrons. The molecule has 0 unspecified atom stereocenters. The third-order valence-corrected chi connectivity index (χ3v) is 7.85. The SMILES string of the molecule is COc1ccc(S(=O)(=O)N(CC(=O)NCc2ccc(OCc3ccc(F)cc3)cc2)c2ccc(F)cc2)cc1OC. The second kappa shape index (κ2) is 13.1. The normalized spacial score (nSPS) is 11.0. The summed E-state index contributed by atoms with van der Waals surface area (Å²) in [6.07, 6.45) is 0. The maximum atomic E-state index is 13.6. The van der Waals surface area contributed by atoms with Crippen LogP contribution in [0.15, 0.2) is 95.9 Å². The summed E-state index contributed by atoms with van der Waals surface area (Å²) in [4.78, 5) is 12.8. The number of anilines is 1. The van der Waals surface area contributed by atoms with E-state index in [1.165, 1.54) is 56.7 Å². The van der Waals surface area contributed by atoms with E-state index in [0.29, 0.717) is 11.5 Å². The second-order valence-corrected chi connectivity index (χ2v) is 10.7. The first-order valence-electron chi connectivity index (χ1n) is 12.4. The number of halogens is 2. The van der Waals surface area contributed by atoms with Crippen LogP contribution in [0.5, 0.6) is 17.2 Å². The molecule has 0 spiro atoms. The van der Waals surface area contributed by atoms with E-state index in [1.54, 1.807) is 36.4 Å². The van der Waals surface area contributed by atoms with Gasteiger partial charge in [0.25, 0.3) is 10.0 Å². The van der Waals surface area contributed by atoms with Gasteiger partial charge in [-0.2, -0.15) is 0 Å². The zero-order chi connectivity index (χ0) is 29.4. The van der Waals surface area contributed by atoms with Gasteiger partial charge in [-0.05, 0) is 71.8 Å². The lowest BCUT2D eigenvalue weighted by atomic mass is 10.2. The Morgan fingerprint density at radius 2 is 1.37 bits per heavy atom. The molecule has 0 aliphatic heterocycles. The maximum absolute atomic E-state index is 13.6. The number of hydrogen-bond donors (Lipinski definition) is 1. The summed E-state index contributed by atoms with van der Waals surface area (Å²) in [6.45, 7) is -0.157. The quantitative estimate of drug-likeness (QED) is 0.251. The van der Waals surface area contributed by atoms with Gasteiger partial charge in [-0.15, -0.1) is 0 Å². The summed E-state index contributed by atoms with van der Waals surface area (Å²) in [7, 11) is -1.46. The monoisotopic (exact) mass is 582 g/mol. The van der Waals surface area contributed by atoms with E-state index >= 15 is 0 Å². The molecule has 1 N–H and O–H groups in total. The van der Waals surface area contributed by atoms with E-state index in [1.807, 2.05) is 0 Å². The number of ether oxygens (including phenoxy) is 3. The number of nitrogens with zero attached hydrogens (tertiary/aromatic N) is 1. The Balaban J connectivity index is 1.44. The van der Waals surface area contributed by atoms with E-state index < -0.39 is 28.3 Å². The number of carbonyl (C=O) groups is 1. The Bertz CT molecular complexity index is 1580. The van der Waals surface area contributed by atoms with Crippen LogP contribution in [0.1, 0.15) is 11.1 Å². The molecule has 11 heteroatoms. The van der Waals surface area contributed by atoms with E-state index in [4.69, 9.17) is 14.2 Å². The Hall–Kier alpha value is -4.64. The Morgan fingerprint density at radius 1 is 0.780 bits per heavy atom. The molecule has 0 saturated heterocycles. The first-order chi connectivity index (χ1) is 19.7. The highest BCUT2D eigenvalue weighted by atomic mass is 32.2. The minimum atomic E-state index is -4.26. The molecule has 0 aromatic heterocycles. The zero-order valence-electron chi connectivity index (χ0n) is 22.3. The Kier molecular flexibility index (Phi) is 9.41. The number of nitrogens with one attached hydrogen (secondary N) is 1. The van der Waals surface area contributed by atoms with Gasteiger partial charge in [0.15, 0.2) is 11.5 Å². The van der Waals surface area contributed by atoms with Crippen molar-refractivity contribution in [1.82, 2.24) is 5.32 Å². The second-order valence-electron chi connectivity index (χ2n) is 8.84. The molecule has 8 nitrogen and oxygen atoms in total. The first kappa shape index (κ1) is 29.3. The smallest absolute Gasteiger partial charge is 0.264 e. The van der Waals surface area contributed by atoms with Gasteiger partial charge in [0.1, 0.15) is 30.5 Å². The molecular weight excluding hydrogens is 554 g/mol. The molecule has 0 aliphatic carbocycles.